The van der Waals surface area contributed by atoms with E-state index in [2.05, 4.69) is 15.3 Å². The van der Waals surface area contributed by atoms with Crippen molar-refractivity contribution in [2.24, 2.45) is 5.10 Å². The van der Waals surface area contributed by atoms with Crippen LogP contribution in [-0.4, -0.2) is 30.0 Å². The zero-order valence-corrected chi connectivity index (χ0v) is 11.8. The molecule has 2 N–H and O–H groups in total. The third-order valence-corrected chi connectivity index (χ3v) is 2.67. The number of carbonyl (C=O) groups excluding carboxylic acids is 1. The maximum Gasteiger partial charge on any atom is 0.427 e. The van der Waals surface area contributed by atoms with E-state index in [-0.39, 0.29) is 12.2 Å². The molecule has 7 nitrogen and oxygen atoms in total. The van der Waals surface area contributed by atoms with Crippen LogP contribution in [0, 0.1) is 0 Å². The monoisotopic (exact) mass is 302 g/mol. The Bertz CT molecular complexity index is 688. The van der Waals surface area contributed by atoms with E-state index in [1.807, 2.05) is 0 Å². The average molecular weight is 302 g/mol. The first-order valence-corrected chi connectivity index (χ1v) is 6.49. The highest BCUT2D eigenvalue weighted by atomic mass is 16.5. The zero-order chi connectivity index (χ0) is 15.9. The van der Waals surface area contributed by atoms with Crippen molar-refractivity contribution in [3.05, 3.63) is 47.7 Å². The molecule has 0 unspecified atom stereocenters. The quantitative estimate of drug-likeness (QED) is 0.653. The molecule has 114 valence electrons. The Hall–Kier alpha value is -3.09. The van der Waals surface area contributed by atoms with Gasteiger partial charge in [-0.25, -0.2) is 15.0 Å². The maximum atomic E-state index is 11.0. The average Bonchev–Trinajstić information content (AvgIpc) is 2.96. The molecule has 0 saturated heterocycles. The van der Waals surface area contributed by atoms with Gasteiger partial charge in [-0.1, -0.05) is 12.1 Å². The Labute approximate surface area is 126 Å². The van der Waals surface area contributed by atoms with Gasteiger partial charge in [0.2, 0.25) is 0 Å². The van der Waals surface area contributed by atoms with Gasteiger partial charge in [0.05, 0.1) is 18.4 Å². The SMILES string of the molecule is CCOC(=O)N/N=C/c1ccc(-c2ccc(C(=O)O)cc2)o1. The Morgan fingerprint density at radius 1 is 1.27 bits per heavy atom. The second-order valence-corrected chi connectivity index (χ2v) is 4.17. The van der Waals surface area contributed by atoms with Gasteiger partial charge in [0.1, 0.15) is 11.5 Å². The molecule has 1 aromatic heterocycles. The number of carbonyl (C=O) groups is 2. The lowest BCUT2D eigenvalue weighted by atomic mass is 10.1. The molecular weight excluding hydrogens is 288 g/mol. The predicted molar refractivity (Wildman–Crippen MR) is 78.9 cm³/mol. The summed E-state index contributed by atoms with van der Waals surface area (Å²) in [5.41, 5.74) is 3.13. The summed E-state index contributed by atoms with van der Waals surface area (Å²) < 4.78 is 10.2. The number of carboxylic acid groups (broad SMARTS) is 1. The topological polar surface area (TPSA) is 101 Å². The smallest absolute Gasteiger partial charge is 0.427 e. The molecule has 0 fully saturated rings. The van der Waals surface area contributed by atoms with Gasteiger partial charge in [0, 0.05) is 5.56 Å². The van der Waals surface area contributed by atoms with Gasteiger partial charge >= 0.3 is 12.1 Å². The summed E-state index contributed by atoms with van der Waals surface area (Å²) in [5, 5.41) is 12.5. The maximum absolute atomic E-state index is 11.0. The molecule has 1 aromatic carbocycles. The summed E-state index contributed by atoms with van der Waals surface area (Å²) in [4.78, 5) is 21.8. The standard InChI is InChI=1S/C15H14N2O5/c1-2-21-15(20)17-16-9-12-7-8-13(22-12)10-3-5-11(6-4-10)14(18)19/h3-9H,2H2,1H3,(H,17,20)(H,18,19)/b16-9+. The number of hydrazone groups is 1. The Morgan fingerprint density at radius 3 is 2.64 bits per heavy atom. The Morgan fingerprint density at radius 2 is 2.00 bits per heavy atom. The number of nitrogens with zero attached hydrogens (tertiary/aromatic N) is 1. The van der Waals surface area contributed by atoms with Crippen LogP contribution in [0.2, 0.25) is 0 Å². The van der Waals surface area contributed by atoms with Crippen LogP contribution in [0.4, 0.5) is 4.79 Å². The van der Waals surface area contributed by atoms with Crippen LogP contribution in [0.3, 0.4) is 0 Å². The molecule has 0 spiro atoms. The fourth-order valence-corrected chi connectivity index (χ4v) is 1.67. The molecule has 0 aliphatic rings. The van der Waals surface area contributed by atoms with E-state index >= 15 is 0 Å². The second kappa shape index (κ2) is 7.07. The van der Waals surface area contributed by atoms with E-state index in [1.165, 1.54) is 18.3 Å². The molecule has 2 aromatic rings. The molecule has 0 bridgehead atoms. The van der Waals surface area contributed by atoms with Crippen molar-refractivity contribution in [1.29, 1.82) is 0 Å². The van der Waals surface area contributed by atoms with Gasteiger partial charge in [0.15, 0.2) is 0 Å². The number of furan rings is 1. The van der Waals surface area contributed by atoms with Crippen LogP contribution < -0.4 is 5.43 Å². The lowest BCUT2D eigenvalue weighted by molar-refractivity contribution is 0.0697. The molecule has 1 amide bonds. The van der Waals surface area contributed by atoms with Crippen molar-refractivity contribution >= 4 is 18.3 Å². The Kier molecular flexibility index (Phi) is 4.92. The second-order valence-electron chi connectivity index (χ2n) is 4.17. The van der Waals surface area contributed by atoms with E-state index < -0.39 is 12.1 Å². The van der Waals surface area contributed by atoms with Crippen LogP contribution >= 0.6 is 0 Å². The number of benzene rings is 1. The molecule has 1 heterocycles. The van der Waals surface area contributed by atoms with E-state index in [0.29, 0.717) is 11.5 Å². The highest BCUT2D eigenvalue weighted by molar-refractivity contribution is 5.88. The van der Waals surface area contributed by atoms with Gasteiger partial charge in [-0.2, -0.15) is 5.10 Å². The van der Waals surface area contributed by atoms with Crippen LogP contribution in [0.15, 0.2) is 45.9 Å². The van der Waals surface area contributed by atoms with E-state index in [9.17, 15) is 9.59 Å². The van der Waals surface area contributed by atoms with Gasteiger partial charge < -0.3 is 14.3 Å². The highest BCUT2D eigenvalue weighted by Gasteiger charge is 2.06. The van der Waals surface area contributed by atoms with Crippen LogP contribution in [-0.2, 0) is 4.74 Å². The van der Waals surface area contributed by atoms with Crippen LogP contribution in [0.25, 0.3) is 11.3 Å². The van der Waals surface area contributed by atoms with E-state index in [0.717, 1.165) is 5.56 Å². The predicted octanol–water partition coefficient (Wildman–Crippen LogP) is 2.72. The Balaban J connectivity index is 2.03. The largest absolute Gasteiger partial charge is 0.478 e. The third-order valence-electron chi connectivity index (χ3n) is 2.67. The van der Waals surface area contributed by atoms with Crippen LogP contribution in [0.5, 0.6) is 0 Å². The minimum atomic E-state index is -0.983. The normalized spacial score (nSPS) is 10.6. The van der Waals surface area contributed by atoms with E-state index in [1.54, 1.807) is 31.2 Å². The van der Waals surface area contributed by atoms with Crippen molar-refractivity contribution in [2.45, 2.75) is 6.92 Å². The summed E-state index contributed by atoms with van der Waals surface area (Å²) >= 11 is 0. The summed E-state index contributed by atoms with van der Waals surface area (Å²) in [6.07, 6.45) is 0.696. The number of carboxylic acids is 1. The number of rotatable bonds is 5. The molecule has 2 rings (SSSR count). The van der Waals surface area contributed by atoms with Crippen molar-refractivity contribution in [1.82, 2.24) is 5.43 Å². The number of hydrogen-bond donors (Lipinski definition) is 2. The number of amides is 1. The van der Waals surface area contributed by atoms with Gasteiger partial charge in [-0.15, -0.1) is 0 Å². The molecular formula is C15H14N2O5. The highest BCUT2D eigenvalue weighted by Crippen LogP contribution is 2.22. The lowest BCUT2D eigenvalue weighted by Crippen LogP contribution is -2.18. The van der Waals surface area contributed by atoms with Crippen molar-refractivity contribution in [2.75, 3.05) is 6.61 Å². The third kappa shape index (κ3) is 3.95. The summed E-state index contributed by atoms with van der Waals surface area (Å²) in [6.45, 7) is 1.95. The van der Waals surface area contributed by atoms with Crippen molar-refractivity contribution in [3.63, 3.8) is 0 Å². The lowest BCUT2D eigenvalue weighted by Gasteiger charge is -1.98. The first-order valence-electron chi connectivity index (χ1n) is 6.49. The molecule has 0 saturated carbocycles. The first-order chi connectivity index (χ1) is 10.6. The van der Waals surface area contributed by atoms with Crippen LogP contribution in [0.1, 0.15) is 23.0 Å². The molecule has 0 aliphatic carbocycles. The summed E-state index contributed by atoms with van der Waals surface area (Å²) in [5.74, 6) is 0.0208. The number of ether oxygens (including phenoxy) is 1. The van der Waals surface area contributed by atoms with E-state index in [4.69, 9.17) is 9.52 Å². The number of nitrogens with one attached hydrogen (secondary N) is 1. The molecule has 0 aliphatic heterocycles. The molecule has 0 atom stereocenters. The van der Waals surface area contributed by atoms with Gasteiger partial charge in [-0.05, 0) is 31.2 Å². The molecule has 0 radical (unpaired) electrons. The fraction of sp³-hybridized carbons (Fsp3) is 0.133. The minimum absolute atomic E-state index is 0.204. The van der Waals surface area contributed by atoms with Crippen molar-refractivity contribution in [3.8, 4) is 11.3 Å². The van der Waals surface area contributed by atoms with Crippen molar-refractivity contribution < 1.29 is 23.8 Å². The van der Waals surface area contributed by atoms with Gasteiger partial charge in [0.25, 0.3) is 0 Å². The first kappa shape index (κ1) is 15.3. The minimum Gasteiger partial charge on any atom is -0.478 e. The zero-order valence-electron chi connectivity index (χ0n) is 11.8. The molecule has 7 heteroatoms. The summed E-state index contributed by atoms with van der Waals surface area (Å²) in [7, 11) is 0. The number of aromatic carboxylic acids is 1. The molecule has 22 heavy (non-hydrogen) atoms. The van der Waals surface area contributed by atoms with Gasteiger partial charge in [-0.3, -0.25) is 0 Å². The number of hydrogen-bond acceptors (Lipinski definition) is 5. The fourth-order valence-electron chi connectivity index (χ4n) is 1.67. The summed E-state index contributed by atoms with van der Waals surface area (Å²) in [6, 6.07) is 9.70.